The van der Waals surface area contributed by atoms with Crippen molar-refractivity contribution in [2.75, 3.05) is 40.6 Å². The topological polar surface area (TPSA) is 205 Å². The molecule has 2 bridgehead atoms. The zero-order valence-electron chi connectivity index (χ0n) is 43.8. The lowest BCUT2D eigenvalue weighted by molar-refractivity contribution is -0.266. The summed E-state index contributed by atoms with van der Waals surface area (Å²) < 4.78 is 35.7. The average Bonchev–Trinajstić information content (AvgIpc) is 3.33. The highest BCUT2D eigenvalue weighted by Gasteiger charge is 2.53. The van der Waals surface area contributed by atoms with Gasteiger partial charge in [-0.2, -0.15) is 0 Å². The molecule has 1 unspecified atom stereocenters. The monoisotopic (exact) mass is 986 g/mol. The molecule has 0 aromatic heterocycles. The summed E-state index contributed by atoms with van der Waals surface area (Å²) in [7, 11) is 2.95. The maximum atomic E-state index is 14.5. The summed E-state index contributed by atoms with van der Waals surface area (Å²) in [5.41, 5.74) is 1.25. The maximum absolute atomic E-state index is 14.5. The number of methoxy groups -OCH3 is 2. The molecule has 15 heteroatoms. The minimum atomic E-state index is -2.46. The van der Waals surface area contributed by atoms with E-state index in [-0.39, 0.29) is 61.2 Å². The maximum Gasteiger partial charge on any atom is 0.329 e. The Bertz CT molecular complexity index is 1840. The van der Waals surface area contributed by atoms with Crippen LogP contribution in [0.15, 0.2) is 47.6 Å². The van der Waals surface area contributed by atoms with Gasteiger partial charge in [0.15, 0.2) is 5.78 Å². The lowest BCUT2D eigenvalue weighted by atomic mass is 9.78. The van der Waals surface area contributed by atoms with Gasteiger partial charge in [-0.05, 0) is 113 Å². The van der Waals surface area contributed by atoms with Crippen molar-refractivity contribution in [3.63, 3.8) is 0 Å². The SMILES string of the molecule is CCCOCCO[C@H]1C[C@@H]2CC[C@@H](C)[C@@](O)(O2)C(=O)C(=O)N2CCCC[C@H]2C(=O)O[C@H]([C@H](C)C[C@@H]2CC[C@@H](O)[C@H](OC)C2)CC(=O)[C@H](C)/C=C(\C)[C@@H](O)C(OC)C(=O)[C@H](C)C[C@H](C)/C=C/C=C/C=C/1C. The summed E-state index contributed by atoms with van der Waals surface area (Å²) in [5, 5.41) is 34.1. The summed E-state index contributed by atoms with van der Waals surface area (Å²) in [6.07, 6.45) is 11.8. The van der Waals surface area contributed by atoms with Crippen LogP contribution in [0.4, 0.5) is 0 Å². The number of aliphatic hydroxyl groups excluding tert-OH is 2. The van der Waals surface area contributed by atoms with Crippen molar-refractivity contribution < 1.29 is 67.7 Å². The molecule has 1 aliphatic carbocycles. The number of ether oxygens (including phenoxy) is 6. The predicted molar refractivity (Wildman–Crippen MR) is 265 cm³/mol. The summed E-state index contributed by atoms with van der Waals surface area (Å²) in [6.45, 7) is 16.1. The summed E-state index contributed by atoms with van der Waals surface area (Å²) in [4.78, 5) is 72.4. The van der Waals surface area contributed by atoms with Crippen LogP contribution in [0.2, 0.25) is 0 Å². The van der Waals surface area contributed by atoms with Gasteiger partial charge >= 0.3 is 5.97 Å². The van der Waals surface area contributed by atoms with Crippen molar-refractivity contribution in [3.8, 4) is 0 Å². The Morgan fingerprint density at radius 2 is 1.60 bits per heavy atom. The normalized spacial score (nSPS) is 38.4. The smallest absolute Gasteiger partial charge is 0.329 e. The number of carbonyl (C=O) groups excluding carboxylic acids is 5. The van der Waals surface area contributed by atoms with E-state index in [1.165, 1.54) is 12.0 Å². The second-order valence-corrected chi connectivity index (χ2v) is 20.8. The van der Waals surface area contributed by atoms with Gasteiger partial charge < -0.3 is 48.6 Å². The number of nitrogens with zero attached hydrogens (tertiary/aromatic N) is 1. The highest BCUT2D eigenvalue weighted by Crippen LogP contribution is 2.38. The zero-order valence-corrected chi connectivity index (χ0v) is 43.8. The molecule has 15 nitrogen and oxygen atoms in total. The van der Waals surface area contributed by atoms with E-state index < -0.39 is 83.9 Å². The van der Waals surface area contributed by atoms with E-state index in [1.54, 1.807) is 34.0 Å². The number of amides is 1. The Morgan fingerprint density at radius 3 is 2.30 bits per heavy atom. The number of fused-ring (bicyclic) bond motifs is 3. The molecule has 0 spiro atoms. The van der Waals surface area contributed by atoms with Crippen molar-refractivity contribution in [1.82, 2.24) is 4.90 Å². The molecule has 0 aromatic carbocycles. The molecule has 1 saturated carbocycles. The van der Waals surface area contributed by atoms with E-state index >= 15 is 0 Å². The molecule has 0 aromatic rings. The third kappa shape index (κ3) is 16.6. The third-order valence-electron chi connectivity index (χ3n) is 15.1. The number of Topliss-reactive ketones (excluding diaryl/α,β-unsaturated/α-hetero) is 3. The van der Waals surface area contributed by atoms with Crippen LogP contribution in [0.25, 0.3) is 0 Å². The Kier molecular flexibility index (Phi) is 24.3. The van der Waals surface area contributed by atoms with E-state index in [0.29, 0.717) is 76.8 Å². The van der Waals surface area contributed by atoms with E-state index in [4.69, 9.17) is 28.4 Å². The molecule has 3 fully saturated rings. The highest BCUT2D eigenvalue weighted by atomic mass is 16.6. The van der Waals surface area contributed by atoms with Gasteiger partial charge in [0, 0.05) is 58.0 Å². The fourth-order valence-electron chi connectivity index (χ4n) is 10.5. The van der Waals surface area contributed by atoms with Crippen molar-refractivity contribution in [1.29, 1.82) is 0 Å². The van der Waals surface area contributed by atoms with Gasteiger partial charge in [0.2, 0.25) is 5.79 Å². The molecule has 3 N–H and O–H groups in total. The number of ketones is 3. The van der Waals surface area contributed by atoms with Crippen LogP contribution in [0, 0.1) is 35.5 Å². The largest absolute Gasteiger partial charge is 0.460 e. The minimum Gasteiger partial charge on any atom is -0.460 e. The molecule has 15 atom stereocenters. The number of esters is 1. The fourth-order valence-corrected chi connectivity index (χ4v) is 10.5. The molecule has 0 radical (unpaired) electrons. The summed E-state index contributed by atoms with van der Waals surface area (Å²) in [6, 6.07) is -1.15. The van der Waals surface area contributed by atoms with Crippen molar-refractivity contribution in [3.05, 3.63) is 47.6 Å². The Hall–Kier alpha value is -3.41. The number of hydrogen-bond acceptors (Lipinski definition) is 14. The molecular weight excluding hydrogens is 899 g/mol. The lowest BCUT2D eigenvalue weighted by Gasteiger charge is -2.43. The molecule has 396 valence electrons. The van der Waals surface area contributed by atoms with E-state index in [1.807, 2.05) is 65.0 Å². The molecule has 4 aliphatic rings. The van der Waals surface area contributed by atoms with Crippen molar-refractivity contribution in [2.24, 2.45) is 35.5 Å². The summed E-state index contributed by atoms with van der Waals surface area (Å²) in [5.74, 6) is -8.09. The number of piperidine rings is 1. The van der Waals surface area contributed by atoms with Crippen LogP contribution in [-0.4, -0.2) is 145 Å². The van der Waals surface area contributed by atoms with Crippen LogP contribution in [0.1, 0.15) is 139 Å². The van der Waals surface area contributed by atoms with Gasteiger partial charge in [0.1, 0.15) is 30.1 Å². The number of hydrogen-bond donors (Lipinski definition) is 3. The summed E-state index contributed by atoms with van der Waals surface area (Å²) >= 11 is 0. The first-order valence-electron chi connectivity index (χ1n) is 26.1. The van der Waals surface area contributed by atoms with Crippen molar-refractivity contribution in [2.45, 2.75) is 193 Å². The van der Waals surface area contributed by atoms with Crippen LogP contribution in [0.5, 0.6) is 0 Å². The molecule has 3 heterocycles. The standard InChI is InChI=1S/C55H87NO14/c1-11-25-67-26-27-68-46-32-42-22-20-40(8)55(64,70-42)52(61)53(62)56-24-16-15-19-43(56)54(63)69-47(37(5)30-41-21-23-44(57)48(31-41)65-9)33-45(58)36(4)29-39(7)50(60)51(66-10)49(59)38(6)28-34(2)17-13-12-14-18-35(46)3/h12-14,17-18,29,34,36-38,40-44,46-48,50-51,57,60,64H,11,15-16,19-28,30-33H2,1-10H3/b14-12+,17-13+,35-18+,39-29+/t34-,36-,37-,38-,40-,41+,42+,43+,44-,46+,47+,48-,50-,51?,55-/m1/s1. The second kappa shape index (κ2) is 28.7. The van der Waals surface area contributed by atoms with Crippen LogP contribution < -0.4 is 0 Å². The zero-order chi connectivity index (χ0) is 51.7. The number of carbonyl (C=O) groups is 5. The first-order valence-corrected chi connectivity index (χ1v) is 26.1. The number of cyclic esters (lactones) is 1. The van der Waals surface area contributed by atoms with Crippen molar-refractivity contribution >= 4 is 29.2 Å². The first-order chi connectivity index (χ1) is 33.2. The van der Waals surface area contributed by atoms with Gasteiger partial charge in [-0.3, -0.25) is 19.2 Å². The Labute approximate surface area is 417 Å². The van der Waals surface area contributed by atoms with E-state index in [9.17, 15) is 39.3 Å². The first kappa shape index (κ1) is 59.2. The molecule has 1 amide bonds. The molecule has 4 rings (SSSR count). The fraction of sp³-hybridized carbons (Fsp3) is 0.764. The van der Waals surface area contributed by atoms with Crippen LogP contribution in [-0.2, 0) is 52.4 Å². The quantitative estimate of drug-likeness (QED) is 0.0828. The molecule has 3 aliphatic heterocycles. The van der Waals surface area contributed by atoms with Gasteiger partial charge in [0.25, 0.3) is 11.7 Å². The van der Waals surface area contributed by atoms with Gasteiger partial charge in [-0.25, -0.2) is 4.79 Å². The molecule has 70 heavy (non-hydrogen) atoms. The minimum absolute atomic E-state index is 0.00309. The third-order valence-corrected chi connectivity index (χ3v) is 15.1. The highest BCUT2D eigenvalue weighted by molar-refractivity contribution is 6.39. The van der Waals surface area contributed by atoms with Gasteiger partial charge in [-0.1, -0.05) is 78.0 Å². The van der Waals surface area contributed by atoms with Gasteiger partial charge in [0.05, 0.1) is 37.6 Å². The van der Waals surface area contributed by atoms with E-state index in [0.717, 1.165) is 18.4 Å². The molecule has 2 saturated heterocycles. The van der Waals surface area contributed by atoms with E-state index in [2.05, 4.69) is 0 Å². The second-order valence-electron chi connectivity index (χ2n) is 20.8. The van der Waals surface area contributed by atoms with Gasteiger partial charge in [-0.15, -0.1) is 0 Å². The van der Waals surface area contributed by atoms with Crippen LogP contribution in [0.3, 0.4) is 0 Å². The lowest BCUT2D eigenvalue weighted by Crippen LogP contribution is -2.61. The Morgan fingerprint density at radius 1 is 0.857 bits per heavy atom. The molecular formula is C55H87NO14. The predicted octanol–water partition coefficient (Wildman–Crippen LogP) is 6.98. The Balaban J connectivity index is 1.71. The number of aliphatic hydroxyl groups is 3. The van der Waals surface area contributed by atoms with Crippen LogP contribution >= 0.6 is 0 Å². The number of rotatable bonds is 11. The number of allylic oxidation sites excluding steroid dienone is 6. The average molecular weight is 986 g/mol.